The average molecular weight is 413 g/mol. The van der Waals surface area contributed by atoms with Crippen LogP contribution in [-0.2, 0) is 9.53 Å². The lowest BCUT2D eigenvalue weighted by Crippen LogP contribution is -2.22. The molecular weight excluding hydrogens is 400 g/mol. The highest BCUT2D eigenvalue weighted by Gasteiger charge is 2.38. The second-order valence-corrected chi connectivity index (χ2v) is 6.81. The van der Waals surface area contributed by atoms with Crippen LogP contribution in [0.3, 0.4) is 0 Å². The number of nitrogens with one attached hydrogen (secondary N) is 1. The lowest BCUT2D eigenvalue weighted by Gasteiger charge is -2.10. The fraction of sp³-hybridized carbons (Fsp3) is 0.105. The number of ether oxygens (including phenoxy) is 1. The van der Waals surface area contributed by atoms with Crippen molar-refractivity contribution in [1.82, 2.24) is 0 Å². The molecular formula is C19H13BrN2O4. The Kier molecular flexibility index (Phi) is 3.69. The molecule has 0 aliphatic carbocycles. The van der Waals surface area contributed by atoms with E-state index < -0.39 is 5.97 Å². The molecule has 0 bridgehead atoms. The second-order valence-electron chi connectivity index (χ2n) is 5.96. The van der Waals surface area contributed by atoms with Gasteiger partial charge in [-0.1, -0.05) is 12.1 Å². The van der Waals surface area contributed by atoms with Crippen LogP contribution in [0.4, 0.5) is 11.4 Å². The number of likely N-dealkylation sites (N-methyl/N-ethyl adjacent to an activating group) is 1. The van der Waals surface area contributed by atoms with E-state index in [-0.39, 0.29) is 23.0 Å². The van der Waals surface area contributed by atoms with Crippen molar-refractivity contribution in [3.63, 3.8) is 0 Å². The number of hydrogen-bond donors (Lipinski definition) is 1. The van der Waals surface area contributed by atoms with Crippen LogP contribution in [0.5, 0.6) is 0 Å². The summed E-state index contributed by atoms with van der Waals surface area (Å²) in [5.41, 5.74) is 3.13. The van der Waals surface area contributed by atoms with E-state index in [0.29, 0.717) is 22.4 Å². The van der Waals surface area contributed by atoms with E-state index in [2.05, 4.69) is 21.2 Å². The van der Waals surface area contributed by atoms with E-state index in [0.717, 1.165) is 10.2 Å². The quantitative estimate of drug-likeness (QED) is 0.574. The van der Waals surface area contributed by atoms with Crippen LogP contribution in [-0.4, -0.2) is 31.8 Å². The molecule has 6 nitrogen and oxygen atoms in total. The van der Waals surface area contributed by atoms with Crippen LogP contribution in [0.15, 0.2) is 46.6 Å². The average Bonchev–Trinajstić information content (AvgIpc) is 3.09. The molecule has 0 fully saturated rings. The van der Waals surface area contributed by atoms with Crippen LogP contribution >= 0.6 is 15.9 Å². The number of para-hydroxylation sites is 1. The molecule has 0 spiro atoms. The van der Waals surface area contributed by atoms with Gasteiger partial charge in [0.05, 0.1) is 23.9 Å². The van der Waals surface area contributed by atoms with Gasteiger partial charge in [-0.25, -0.2) is 4.79 Å². The van der Waals surface area contributed by atoms with Crippen molar-refractivity contribution in [2.75, 3.05) is 24.4 Å². The highest BCUT2D eigenvalue weighted by molar-refractivity contribution is 9.10. The third-order valence-electron chi connectivity index (χ3n) is 4.53. The number of esters is 1. The smallest absolute Gasteiger partial charge is 0.337 e. The van der Waals surface area contributed by atoms with Crippen LogP contribution in [0.2, 0.25) is 0 Å². The lowest BCUT2D eigenvalue weighted by molar-refractivity contribution is -0.112. The molecule has 0 unspecified atom stereocenters. The van der Waals surface area contributed by atoms with Gasteiger partial charge >= 0.3 is 5.97 Å². The number of halogens is 1. The Bertz CT molecular complexity index is 1040. The van der Waals surface area contributed by atoms with E-state index >= 15 is 0 Å². The molecule has 4 rings (SSSR count). The molecule has 1 amide bonds. The Labute approximate surface area is 157 Å². The normalized spacial score (nSPS) is 17.9. The molecule has 130 valence electrons. The summed E-state index contributed by atoms with van der Waals surface area (Å²) in [4.78, 5) is 39.0. The van der Waals surface area contributed by atoms with Gasteiger partial charge < -0.3 is 15.0 Å². The highest BCUT2D eigenvalue weighted by Crippen LogP contribution is 2.44. The standard InChI is InChI=1S/C19H13BrN2O4/c1-22-16-10(4-3-5-12(16)20)14(18(22)24)15-17(23)11-8-9(19(25)26-2)6-7-13(11)21-15/h3-8,21H,1-2H3/b15-14-. The van der Waals surface area contributed by atoms with E-state index in [9.17, 15) is 14.4 Å². The van der Waals surface area contributed by atoms with Gasteiger partial charge in [-0.2, -0.15) is 0 Å². The predicted octanol–water partition coefficient (Wildman–Crippen LogP) is 3.23. The van der Waals surface area contributed by atoms with Crippen LogP contribution < -0.4 is 10.2 Å². The number of fused-ring (bicyclic) bond motifs is 2. The summed E-state index contributed by atoms with van der Waals surface area (Å²) in [5, 5.41) is 3.04. The first-order valence-electron chi connectivity index (χ1n) is 7.79. The molecule has 0 saturated heterocycles. The van der Waals surface area contributed by atoms with Gasteiger partial charge in [-0.05, 0) is 40.2 Å². The number of amides is 1. The zero-order chi connectivity index (χ0) is 18.6. The maximum atomic E-state index is 12.9. The second kappa shape index (κ2) is 5.81. The number of anilines is 2. The van der Waals surface area contributed by atoms with Crippen molar-refractivity contribution >= 4 is 50.5 Å². The molecule has 0 aromatic heterocycles. The number of benzene rings is 2. The number of allylic oxidation sites excluding steroid dienone is 1. The van der Waals surface area contributed by atoms with Crippen molar-refractivity contribution in [3.05, 3.63) is 63.3 Å². The molecule has 1 N–H and O–H groups in total. The molecule has 0 saturated carbocycles. The van der Waals surface area contributed by atoms with Crippen molar-refractivity contribution in [3.8, 4) is 0 Å². The topological polar surface area (TPSA) is 75.7 Å². The van der Waals surface area contributed by atoms with Crippen molar-refractivity contribution in [2.24, 2.45) is 0 Å². The molecule has 2 aliphatic rings. The minimum atomic E-state index is -0.521. The fourth-order valence-corrected chi connectivity index (χ4v) is 3.90. The summed E-state index contributed by atoms with van der Waals surface area (Å²) in [6.07, 6.45) is 0. The summed E-state index contributed by atoms with van der Waals surface area (Å²) in [6.45, 7) is 0. The minimum absolute atomic E-state index is 0.218. The molecule has 2 aromatic carbocycles. The number of ketones is 1. The van der Waals surface area contributed by atoms with Gasteiger partial charge in [0.2, 0.25) is 5.78 Å². The molecule has 0 radical (unpaired) electrons. The minimum Gasteiger partial charge on any atom is -0.465 e. The Balaban J connectivity index is 1.88. The highest BCUT2D eigenvalue weighted by atomic mass is 79.9. The number of Topliss-reactive ketones (excluding diaryl/α,β-unsaturated/α-hetero) is 1. The first kappa shape index (κ1) is 16.5. The molecule has 2 heterocycles. The molecule has 0 atom stereocenters. The third-order valence-corrected chi connectivity index (χ3v) is 5.17. The maximum Gasteiger partial charge on any atom is 0.337 e. The molecule has 7 heteroatoms. The predicted molar refractivity (Wildman–Crippen MR) is 100 cm³/mol. The molecule has 2 aliphatic heterocycles. The number of carbonyl (C=O) groups is 3. The van der Waals surface area contributed by atoms with Gasteiger partial charge in [0.15, 0.2) is 0 Å². The number of hydrogen-bond acceptors (Lipinski definition) is 5. The Morgan fingerprint density at radius 2 is 1.92 bits per heavy atom. The number of methoxy groups -OCH3 is 1. The van der Waals surface area contributed by atoms with E-state index in [1.165, 1.54) is 18.1 Å². The molecule has 26 heavy (non-hydrogen) atoms. The SMILES string of the molecule is COC(=O)c1ccc2c(c1)C(=O)/C(=C1/C(=O)N(C)c3c(Br)cccc31)N2. The number of nitrogens with zero attached hydrogens (tertiary/aromatic N) is 1. The summed E-state index contributed by atoms with van der Waals surface area (Å²) >= 11 is 3.45. The summed E-state index contributed by atoms with van der Waals surface area (Å²) in [6, 6.07) is 10.2. The number of rotatable bonds is 1. The largest absolute Gasteiger partial charge is 0.465 e. The zero-order valence-electron chi connectivity index (χ0n) is 13.9. The van der Waals surface area contributed by atoms with Crippen molar-refractivity contribution in [1.29, 1.82) is 0 Å². The van der Waals surface area contributed by atoms with Gasteiger partial charge in [-0.15, -0.1) is 0 Å². The summed E-state index contributed by atoms with van der Waals surface area (Å²) in [7, 11) is 2.95. The van der Waals surface area contributed by atoms with E-state index in [1.807, 2.05) is 18.2 Å². The summed E-state index contributed by atoms with van der Waals surface area (Å²) < 4.78 is 5.48. The Morgan fingerprint density at radius 1 is 1.15 bits per heavy atom. The maximum absolute atomic E-state index is 12.9. The zero-order valence-corrected chi connectivity index (χ0v) is 15.5. The van der Waals surface area contributed by atoms with Crippen LogP contribution in [0.1, 0.15) is 26.3 Å². The van der Waals surface area contributed by atoms with Gasteiger partial charge in [0.25, 0.3) is 5.91 Å². The van der Waals surface area contributed by atoms with E-state index in [4.69, 9.17) is 4.74 Å². The van der Waals surface area contributed by atoms with Crippen LogP contribution in [0.25, 0.3) is 5.57 Å². The Morgan fingerprint density at radius 3 is 2.65 bits per heavy atom. The van der Waals surface area contributed by atoms with Gasteiger partial charge in [0.1, 0.15) is 5.70 Å². The van der Waals surface area contributed by atoms with Crippen molar-refractivity contribution < 1.29 is 19.1 Å². The van der Waals surface area contributed by atoms with E-state index in [1.54, 1.807) is 19.2 Å². The third kappa shape index (κ3) is 2.20. The monoisotopic (exact) mass is 412 g/mol. The van der Waals surface area contributed by atoms with Gasteiger partial charge in [0, 0.05) is 28.3 Å². The van der Waals surface area contributed by atoms with Crippen LogP contribution in [0, 0.1) is 0 Å². The van der Waals surface area contributed by atoms with Crippen molar-refractivity contribution in [2.45, 2.75) is 0 Å². The number of carbonyl (C=O) groups excluding carboxylic acids is 3. The van der Waals surface area contributed by atoms with Gasteiger partial charge in [-0.3, -0.25) is 9.59 Å². The summed E-state index contributed by atoms with van der Waals surface area (Å²) in [5.74, 6) is -1.10. The lowest BCUT2D eigenvalue weighted by atomic mass is 10.0. The Hall–Kier alpha value is -2.93. The fourth-order valence-electron chi connectivity index (χ4n) is 3.27. The first-order chi connectivity index (χ1) is 12.4. The molecule has 2 aromatic rings. The first-order valence-corrected chi connectivity index (χ1v) is 8.58.